The second-order valence-corrected chi connectivity index (χ2v) is 6.45. The summed E-state index contributed by atoms with van der Waals surface area (Å²) >= 11 is 6.21. The molecule has 0 aliphatic carbocycles. The molecule has 0 bridgehead atoms. The molecule has 26 heavy (non-hydrogen) atoms. The van der Waals surface area contributed by atoms with Crippen LogP contribution in [0.2, 0.25) is 5.02 Å². The SMILES string of the molecule is CN=C(NCc1ccc(F)cc1F)NC1CCN(c2ncccc2Cl)C1. The Labute approximate surface area is 156 Å². The summed E-state index contributed by atoms with van der Waals surface area (Å²) in [6, 6.07) is 7.32. The molecule has 138 valence electrons. The summed E-state index contributed by atoms with van der Waals surface area (Å²) in [5.41, 5.74) is 0.377. The Hall–Kier alpha value is -2.41. The second kappa shape index (κ2) is 8.31. The summed E-state index contributed by atoms with van der Waals surface area (Å²) < 4.78 is 26.7. The van der Waals surface area contributed by atoms with Crippen LogP contribution in [0.1, 0.15) is 12.0 Å². The number of aromatic nitrogens is 1. The van der Waals surface area contributed by atoms with Gasteiger partial charge in [-0.15, -0.1) is 0 Å². The number of pyridine rings is 1. The Morgan fingerprint density at radius 2 is 2.23 bits per heavy atom. The van der Waals surface area contributed by atoms with Crippen molar-refractivity contribution in [2.24, 2.45) is 4.99 Å². The number of halogens is 3. The van der Waals surface area contributed by atoms with Gasteiger partial charge in [0.2, 0.25) is 0 Å². The Bertz CT molecular complexity index is 799. The van der Waals surface area contributed by atoms with Crippen LogP contribution >= 0.6 is 11.6 Å². The van der Waals surface area contributed by atoms with Crippen molar-refractivity contribution in [1.82, 2.24) is 15.6 Å². The van der Waals surface area contributed by atoms with E-state index in [2.05, 4.69) is 25.5 Å². The smallest absolute Gasteiger partial charge is 0.191 e. The molecule has 1 aliphatic heterocycles. The van der Waals surface area contributed by atoms with Crippen molar-refractivity contribution in [2.75, 3.05) is 25.0 Å². The fourth-order valence-electron chi connectivity index (χ4n) is 2.91. The molecular formula is C18H20ClF2N5. The first-order chi connectivity index (χ1) is 12.6. The zero-order valence-electron chi connectivity index (χ0n) is 14.3. The van der Waals surface area contributed by atoms with Gasteiger partial charge in [-0.05, 0) is 24.6 Å². The Morgan fingerprint density at radius 1 is 1.38 bits per heavy atom. The van der Waals surface area contributed by atoms with Crippen molar-refractivity contribution in [1.29, 1.82) is 0 Å². The van der Waals surface area contributed by atoms with Gasteiger partial charge in [0.1, 0.15) is 17.5 Å². The molecule has 1 aromatic carbocycles. The lowest BCUT2D eigenvalue weighted by Crippen LogP contribution is -2.44. The van der Waals surface area contributed by atoms with Crippen LogP contribution in [-0.4, -0.2) is 37.1 Å². The fraction of sp³-hybridized carbons (Fsp3) is 0.333. The summed E-state index contributed by atoms with van der Waals surface area (Å²) in [4.78, 5) is 10.6. The first-order valence-corrected chi connectivity index (χ1v) is 8.71. The van der Waals surface area contributed by atoms with Gasteiger partial charge in [0, 0.05) is 50.6 Å². The molecule has 1 saturated heterocycles. The minimum atomic E-state index is -0.590. The lowest BCUT2D eigenvalue weighted by atomic mass is 10.2. The van der Waals surface area contributed by atoms with Crippen molar-refractivity contribution < 1.29 is 8.78 Å². The van der Waals surface area contributed by atoms with Gasteiger partial charge in [0.05, 0.1) is 5.02 Å². The van der Waals surface area contributed by atoms with Gasteiger partial charge in [0.15, 0.2) is 5.96 Å². The number of nitrogens with one attached hydrogen (secondary N) is 2. The predicted octanol–water partition coefficient (Wildman–Crippen LogP) is 2.96. The van der Waals surface area contributed by atoms with Crippen LogP contribution < -0.4 is 15.5 Å². The Morgan fingerprint density at radius 3 is 2.96 bits per heavy atom. The molecule has 5 nitrogen and oxygen atoms in total. The summed E-state index contributed by atoms with van der Waals surface area (Å²) in [5, 5.41) is 7.00. The van der Waals surface area contributed by atoms with Crippen molar-refractivity contribution in [3.63, 3.8) is 0 Å². The van der Waals surface area contributed by atoms with Crippen molar-refractivity contribution in [3.8, 4) is 0 Å². The van der Waals surface area contributed by atoms with Gasteiger partial charge in [-0.2, -0.15) is 0 Å². The maximum Gasteiger partial charge on any atom is 0.191 e. The number of nitrogens with zero attached hydrogens (tertiary/aromatic N) is 3. The molecular weight excluding hydrogens is 360 g/mol. The van der Waals surface area contributed by atoms with Crippen molar-refractivity contribution >= 4 is 23.4 Å². The number of hydrogen-bond donors (Lipinski definition) is 2. The maximum absolute atomic E-state index is 13.7. The van der Waals surface area contributed by atoms with E-state index in [4.69, 9.17) is 11.6 Å². The molecule has 0 radical (unpaired) electrons. The van der Waals surface area contributed by atoms with E-state index in [1.807, 2.05) is 6.07 Å². The van der Waals surface area contributed by atoms with E-state index in [-0.39, 0.29) is 12.6 Å². The molecule has 1 aromatic heterocycles. The summed E-state index contributed by atoms with van der Waals surface area (Å²) in [6.45, 7) is 1.79. The third kappa shape index (κ3) is 4.40. The number of benzene rings is 1. The minimum Gasteiger partial charge on any atom is -0.353 e. The highest BCUT2D eigenvalue weighted by molar-refractivity contribution is 6.32. The summed E-state index contributed by atoms with van der Waals surface area (Å²) in [6.07, 6.45) is 2.62. The lowest BCUT2D eigenvalue weighted by Gasteiger charge is -2.20. The zero-order valence-corrected chi connectivity index (χ0v) is 15.1. The van der Waals surface area contributed by atoms with E-state index < -0.39 is 11.6 Å². The number of rotatable bonds is 4. The molecule has 1 atom stereocenters. The van der Waals surface area contributed by atoms with Gasteiger partial charge in [-0.3, -0.25) is 4.99 Å². The molecule has 1 fully saturated rings. The van der Waals surface area contributed by atoms with Crippen LogP contribution in [0, 0.1) is 11.6 Å². The third-order valence-electron chi connectivity index (χ3n) is 4.25. The lowest BCUT2D eigenvalue weighted by molar-refractivity contribution is 0.568. The molecule has 2 N–H and O–H groups in total. The van der Waals surface area contributed by atoms with Crippen LogP contribution in [0.15, 0.2) is 41.5 Å². The van der Waals surface area contributed by atoms with E-state index in [9.17, 15) is 8.78 Å². The van der Waals surface area contributed by atoms with E-state index >= 15 is 0 Å². The van der Waals surface area contributed by atoms with Crippen molar-refractivity contribution in [3.05, 3.63) is 58.7 Å². The average Bonchev–Trinajstić information content (AvgIpc) is 3.08. The monoisotopic (exact) mass is 379 g/mol. The van der Waals surface area contributed by atoms with Crippen LogP contribution in [0.5, 0.6) is 0 Å². The number of guanidine groups is 1. The van der Waals surface area contributed by atoms with E-state index in [0.29, 0.717) is 16.5 Å². The topological polar surface area (TPSA) is 52.6 Å². The van der Waals surface area contributed by atoms with Crippen LogP contribution in [0.4, 0.5) is 14.6 Å². The highest BCUT2D eigenvalue weighted by atomic mass is 35.5. The number of hydrogen-bond acceptors (Lipinski definition) is 3. The zero-order chi connectivity index (χ0) is 18.5. The van der Waals surface area contributed by atoms with Gasteiger partial charge in [-0.25, -0.2) is 13.8 Å². The molecule has 1 unspecified atom stereocenters. The maximum atomic E-state index is 13.7. The largest absolute Gasteiger partial charge is 0.353 e. The quantitative estimate of drug-likeness (QED) is 0.633. The van der Waals surface area contributed by atoms with E-state index in [1.54, 1.807) is 19.3 Å². The van der Waals surface area contributed by atoms with E-state index in [1.165, 1.54) is 12.1 Å². The van der Waals surface area contributed by atoms with Gasteiger partial charge in [0.25, 0.3) is 0 Å². The minimum absolute atomic E-state index is 0.164. The number of aliphatic imine (C=N–C) groups is 1. The summed E-state index contributed by atoms with van der Waals surface area (Å²) in [5.74, 6) is 0.167. The van der Waals surface area contributed by atoms with Gasteiger partial charge in [-0.1, -0.05) is 17.7 Å². The van der Waals surface area contributed by atoms with Crippen LogP contribution in [-0.2, 0) is 6.54 Å². The van der Waals surface area contributed by atoms with Crippen LogP contribution in [0.3, 0.4) is 0 Å². The van der Waals surface area contributed by atoms with Gasteiger partial charge >= 0.3 is 0 Å². The highest BCUT2D eigenvalue weighted by Gasteiger charge is 2.25. The Kier molecular flexibility index (Phi) is 5.88. The fourth-order valence-corrected chi connectivity index (χ4v) is 3.15. The first kappa shape index (κ1) is 18.4. The molecule has 0 amide bonds. The standard InChI is InChI=1S/C18H20ClF2N5/c1-22-18(24-10-12-4-5-13(20)9-16(12)21)25-14-6-8-26(11-14)17-15(19)3-2-7-23-17/h2-5,7,9,14H,6,8,10-11H2,1H3,(H2,22,24,25). The third-order valence-corrected chi connectivity index (χ3v) is 4.55. The first-order valence-electron chi connectivity index (χ1n) is 8.33. The average molecular weight is 380 g/mol. The second-order valence-electron chi connectivity index (χ2n) is 6.05. The molecule has 8 heteroatoms. The van der Waals surface area contributed by atoms with Crippen molar-refractivity contribution in [2.45, 2.75) is 19.0 Å². The normalized spacial score (nSPS) is 17.5. The van der Waals surface area contributed by atoms with Gasteiger partial charge < -0.3 is 15.5 Å². The van der Waals surface area contributed by atoms with Crippen LogP contribution in [0.25, 0.3) is 0 Å². The molecule has 3 rings (SSSR count). The predicted molar refractivity (Wildman–Crippen MR) is 99.6 cm³/mol. The number of anilines is 1. The highest BCUT2D eigenvalue weighted by Crippen LogP contribution is 2.25. The summed E-state index contributed by atoms with van der Waals surface area (Å²) in [7, 11) is 1.65. The molecule has 0 saturated carbocycles. The molecule has 0 spiro atoms. The molecule has 1 aliphatic rings. The molecule has 2 aromatic rings. The van der Waals surface area contributed by atoms with E-state index in [0.717, 1.165) is 31.4 Å². The molecule has 2 heterocycles. The Balaban J connectivity index is 1.55.